The van der Waals surface area contributed by atoms with Crippen LogP contribution in [-0.4, -0.2) is 59.4 Å². The number of hydrogen-bond donors (Lipinski definition) is 4. The molecule has 1 saturated heterocycles. The molecule has 4 rings (SSSR count). The molecule has 0 saturated carbocycles. The van der Waals surface area contributed by atoms with Crippen LogP contribution < -0.4 is 20.9 Å². The third kappa shape index (κ3) is 5.77. The van der Waals surface area contributed by atoms with E-state index in [0.717, 1.165) is 11.1 Å². The summed E-state index contributed by atoms with van der Waals surface area (Å²) in [7, 11) is 1.73. The Morgan fingerprint density at radius 2 is 1.97 bits per heavy atom. The van der Waals surface area contributed by atoms with Crippen LogP contribution in [-0.2, 0) is 27.5 Å². The van der Waals surface area contributed by atoms with Gasteiger partial charge in [0.15, 0.2) is 0 Å². The molecule has 37 heavy (non-hydrogen) atoms. The Morgan fingerprint density at radius 1 is 1.19 bits per heavy atom. The van der Waals surface area contributed by atoms with Crippen molar-refractivity contribution in [1.29, 1.82) is 0 Å². The number of benzene rings is 2. The largest absolute Gasteiger partial charge is 0.478 e. The topological polar surface area (TPSA) is 148 Å². The molecule has 1 atom stereocenters. The summed E-state index contributed by atoms with van der Waals surface area (Å²) in [6.07, 6.45) is 0.488. The van der Waals surface area contributed by atoms with Crippen LogP contribution in [0.1, 0.15) is 34.3 Å². The fourth-order valence-corrected chi connectivity index (χ4v) is 4.36. The molecule has 192 valence electrons. The van der Waals surface area contributed by atoms with Gasteiger partial charge in [0.1, 0.15) is 6.04 Å². The number of anilines is 2. The molecule has 11 nitrogen and oxygen atoms in total. The zero-order chi connectivity index (χ0) is 26.7. The predicted octanol–water partition coefficient (Wildman–Crippen LogP) is 1.85. The maximum atomic E-state index is 12.8. The second-order valence-electron chi connectivity index (χ2n) is 9.01. The number of carboxylic acids is 1. The number of carboxylic acid groups (broad SMARTS) is 1. The molecule has 0 radical (unpaired) electrons. The fourth-order valence-electron chi connectivity index (χ4n) is 4.36. The van der Waals surface area contributed by atoms with E-state index in [0.29, 0.717) is 23.4 Å². The monoisotopic (exact) mass is 505 g/mol. The normalized spacial score (nSPS) is 16.6. The highest BCUT2D eigenvalue weighted by atomic mass is 16.4. The van der Waals surface area contributed by atoms with Gasteiger partial charge in [-0.15, -0.1) is 0 Å². The van der Waals surface area contributed by atoms with Gasteiger partial charge in [-0.2, -0.15) is 0 Å². The molecule has 2 aromatic rings. The van der Waals surface area contributed by atoms with Gasteiger partial charge in [0, 0.05) is 55.6 Å². The first-order valence-electron chi connectivity index (χ1n) is 11.7. The summed E-state index contributed by atoms with van der Waals surface area (Å²) in [5.41, 5.74) is 3.34. The van der Waals surface area contributed by atoms with E-state index in [1.807, 2.05) is 6.07 Å². The van der Waals surface area contributed by atoms with E-state index in [9.17, 15) is 24.0 Å². The lowest BCUT2D eigenvalue weighted by molar-refractivity contribution is -0.137. The van der Waals surface area contributed by atoms with Crippen LogP contribution in [0.5, 0.6) is 0 Å². The number of carbonyl (C=O) groups excluding carboxylic acids is 4. The van der Waals surface area contributed by atoms with Crippen molar-refractivity contribution in [3.63, 3.8) is 0 Å². The van der Waals surface area contributed by atoms with E-state index in [4.69, 9.17) is 5.11 Å². The Bertz CT molecular complexity index is 1310. The lowest BCUT2D eigenvalue weighted by atomic mass is 10.0. The zero-order valence-electron chi connectivity index (χ0n) is 20.2. The molecule has 4 N–H and O–H groups in total. The molecule has 0 spiro atoms. The van der Waals surface area contributed by atoms with Gasteiger partial charge >= 0.3 is 12.0 Å². The van der Waals surface area contributed by atoms with E-state index < -0.39 is 23.9 Å². The van der Waals surface area contributed by atoms with E-state index in [2.05, 4.69) is 22.5 Å². The number of carbonyl (C=O) groups is 5. The molecule has 1 fully saturated rings. The number of hydrogen-bond acceptors (Lipinski definition) is 6. The van der Waals surface area contributed by atoms with Crippen LogP contribution in [0.15, 0.2) is 54.6 Å². The number of piperidine rings is 1. The first-order valence-corrected chi connectivity index (χ1v) is 11.7. The maximum absolute atomic E-state index is 12.8. The number of likely N-dealkylation sites (N-methyl/N-ethyl adjacent to an activating group) is 1. The molecule has 5 amide bonds. The maximum Gasteiger partial charge on any atom is 0.332 e. The van der Waals surface area contributed by atoms with Gasteiger partial charge in [-0.1, -0.05) is 24.8 Å². The number of nitrogens with zero attached hydrogens (tertiary/aromatic N) is 2. The smallest absolute Gasteiger partial charge is 0.332 e. The molecule has 1 unspecified atom stereocenters. The van der Waals surface area contributed by atoms with Gasteiger partial charge in [-0.05, 0) is 41.8 Å². The van der Waals surface area contributed by atoms with Crippen molar-refractivity contribution in [2.75, 3.05) is 23.8 Å². The average molecular weight is 506 g/mol. The summed E-state index contributed by atoms with van der Waals surface area (Å²) in [5, 5.41) is 16.8. The summed E-state index contributed by atoms with van der Waals surface area (Å²) < 4.78 is 0. The van der Waals surface area contributed by atoms with Crippen molar-refractivity contribution in [1.82, 2.24) is 15.5 Å². The highest BCUT2D eigenvalue weighted by molar-refractivity contribution is 6.05. The Balaban J connectivity index is 1.33. The Kier molecular flexibility index (Phi) is 7.23. The molecular weight excluding hydrogens is 478 g/mol. The van der Waals surface area contributed by atoms with E-state index in [-0.39, 0.29) is 43.4 Å². The van der Waals surface area contributed by atoms with Gasteiger partial charge in [-0.3, -0.25) is 19.7 Å². The number of amides is 5. The van der Waals surface area contributed by atoms with Crippen molar-refractivity contribution in [2.24, 2.45) is 0 Å². The van der Waals surface area contributed by atoms with Gasteiger partial charge in [-0.25, -0.2) is 9.59 Å². The van der Waals surface area contributed by atoms with Gasteiger partial charge in [0.2, 0.25) is 11.8 Å². The number of aliphatic carboxylic acids is 1. The molecule has 2 aliphatic heterocycles. The molecule has 0 aliphatic carbocycles. The van der Waals surface area contributed by atoms with Crippen molar-refractivity contribution in [2.45, 2.75) is 32.0 Å². The Morgan fingerprint density at radius 3 is 2.70 bits per heavy atom. The van der Waals surface area contributed by atoms with Crippen LogP contribution in [0.25, 0.3) is 0 Å². The fraction of sp³-hybridized carbons (Fsp3) is 0.269. The molecule has 0 bridgehead atoms. The summed E-state index contributed by atoms with van der Waals surface area (Å²) in [6, 6.07) is 11.1. The second kappa shape index (κ2) is 10.5. The molecular formula is C26H27N5O6. The number of nitrogens with one attached hydrogen (secondary N) is 3. The highest BCUT2D eigenvalue weighted by Crippen LogP contribution is 2.28. The molecule has 2 heterocycles. The Hall–Kier alpha value is -4.67. The van der Waals surface area contributed by atoms with Gasteiger partial charge in [0.25, 0.3) is 5.91 Å². The van der Waals surface area contributed by atoms with Crippen molar-refractivity contribution < 1.29 is 29.1 Å². The highest BCUT2D eigenvalue weighted by Gasteiger charge is 2.39. The van der Waals surface area contributed by atoms with Crippen molar-refractivity contribution in [3.8, 4) is 0 Å². The number of fused-ring (bicyclic) bond motifs is 1. The lowest BCUT2D eigenvalue weighted by Crippen LogP contribution is -2.52. The summed E-state index contributed by atoms with van der Waals surface area (Å²) in [4.78, 5) is 63.1. The minimum absolute atomic E-state index is 0.0508. The standard InChI is InChI=1S/C26H27N5O6/c1-15(25(35)36)13-30(2)19-5-3-4-18(11-19)28-26(37)27-12-16-6-7-20-17(10-16)14-31(24(20)34)21-8-9-22(32)29-23(21)33/h3-7,10-11,21H,1,8-9,12-14H2,2H3,(H,35,36)(H2,27,28,37)(H,29,32,33). The van der Waals surface area contributed by atoms with Crippen LogP contribution in [0, 0.1) is 0 Å². The molecule has 2 aliphatic rings. The lowest BCUT2D eigenvalue weighted by Gasteiger charge is -2.29. The van der Waals surface area contributed by atoms with Gasteiger partial charge < -0.3 is 25.5 Å². The van der Waals surface area contributed by atoms with Crippen molar-refractivity contribution in [3.05, 3.63) is 71.3 Å². The van der Waals surface area contributed by atoms with Crippen LogP contribution in [0.3, 0.4) is 0 Å². The quantitative estimate of drug-likeness (QED) is 0.316. The zero-order valence-corrected chi connectivity index (χ0v) is 20.2. The second-order valence-corrected chi connectivity index (χ2v) is 9.01. The minimum Gasteiger partial charge on any atom is -0.478 e. The molecule has 0 aromatic heterocycles. The summed E-state index contributed by atoms with van der Waals surface area (Å²) in [6.45, 7) is 4.13. The van der Waals surface area contributed by atoms with Crippen LogP contribution >= 0.6 is 0 Å². The average Bonchev–Trinajstić information content (AvgIpc) is 3.18. The third-order valence-corrected chi connectivity index (χ3v) is 6.32. The SMILES string of the molecule is C=C(CN(C)c1cccc(NC(=O)NCc2ccc3c(c2)CN(C2CCC(=O)NC2=O)C3=O)c1)C(=O)O. The first kappa shape index (κ1) is 25.4. The van der Waals surface area contributed by atoms with E-state index >= 15 is 0 Å². The molecule has 11 heteroatoms. The van der Waals surface area contributed by atoms with Crippen LogP contribution in [0.4, 0.5) is 16.2 Å². The summed E-state index contributed by atoms with van der Waals surface area (Å²) in [5.74, 6) is -2.11. The minimum atomic E-state index is -1.07. The first-order chi connectivity index (χ1) is 17.6. The van der Waals surface area contributed by atoms with Crippen LogP contribution in [0.2, 0.25) is 0 Å². The number of imide groups is 1. The van der Waals surface area contributed by atoms with E-state index in [1.165, 1.54) is 4.90 Å². The van der Waals surface area contributed by atoms with E-state index in [1.54, 1.807) is 48.3 Å². The predicted molar refractivity (Wildman–Crippen MR) is 135 cm³/mol. The van der Waals surface area contributed by atoms with Gasteiger partial charge in [0.05, 0.1) is 0 Å². The van der Waals surface area contributed by atoms with Crippen molar-refractivity contribution >= 4 is 41.1 Å². The number of rotatable bonds is 8. The molecule has 2 aromatic carbocycles. The number of urea groups is 1. The Labute approximate surface area is 213 Å². The third-order valence-electron chi connectivity index (χ3n) is 6.32. The summed E-state index contributed by atoms with van der Waals surface area (Å²) >= 11 is 0.